The molecule has 1 aliphatic rings. The fourth-order valence-electron chi connectivity index (χ4n) is 2.60. The molecule has 1 saturated heterocycles. The first-order valence-corrected chi connectivity index (χ1v) is 8.10. The summed E-state index contributed by atoms with van der Waals surface area (Å²) in [5.41, 5.74) is 0.406. The van der Waals surface area contributed by atoms with E-state index >= 15 is 0 Å². The fourth-order valence-corrected chi connectivity index (χ4v) is 2.60. The molecule has 6 nitrogen and oxygen atoms in total. The van der Waals surface area contributed by atoms with Gasteiger partial charge in [0, 0.05) is 39.8 Å². The lowest BCUT2D eigenvalue weighted by Crippen LogP contribution is -2.52. The fraction of sp³-hybridized carbons (Fsp3) is 0.529. The summed E-state index contributed by atoms with van der Waals surface area (Å²) in [6.07, 6.45) is 0.0548. The molecule has 0 aliphatic carbocycles. The van der Waals surface area contributed by atoms with Crippen LogP contribution in [0, 0.1) is 5.82 Å². The summed E-state index contributed by atoms with van der Waals surface area (Å²) in [7, 11) is 1.61. The number of carbonyl (C=O) groups excluding carboxylic acids is 2. The number of nitrogens with one attached hydrogen (secondary N) is 1. The molecule has 0 unspecified atom stereocenters. The zero-order valence-corrected chi connectivity index (χ0v) is 15.2. The lowest BCUT2D eigenvalue weighted by molar-refractivity contribution is -0.138. The average molecular weight is 374 g/mol. The van der Waals surface area contributed by atoms with Gasteiger partial charge in [-0.25, -0.2) is 4.39 Å². The molecule has 0 atom stereocenters. The highest BCUT2D eigenvalue weighted by Gasteiger charge is 2.24. The minimum Gasteiger partial charge on any atom is -0.383 e. The molecule has 2 rings (SSSR count). The molecule has 0 radical (unpaired) electrons. The quantitative estimate of drug-likeness (QED) is 0.715. The first kappa shape index (κ1) is 21.3. The molecular formula is C17H25ClFN3O3. The molecule has 1 N–H and O–H groups in total. The van der Waals surface area contributed by atoms with Crippen LogP contribution in [0.2, 0.25) is 0 Å². The first-order chi connectivity index (χ1) is 11.6. The lowest BCUT2D eigenvalue weighted by Gasteiger charge is -2.35. The van der Waals surface area contributed by atoms with Crippen molar-refractivity contribution >= 4 is 24.2 Å². The number of nitrogens with zero attached hydrogens (tertiary/aromatic N) is 2. The van der Waals surface area contributed by atoms with Gasteiger partial charge in [0.05, 0.1) is 19.6 Å². The average Bonchev–Trinajstić information content (AvgIpc) is 2.60. The smallest absolute Gasteiger partial charge is 0.236 e. The van der Waals surface area contributed by atoms with E-state index in [2.05, 4.69) is 5.32 Å². The lowest BCUT2D eigenvalue weighted by atomic mass is 10.1. The van der Waals surface area contributed by atoms with E-state index in [1.807, 2.05) is 0 Å². The molecule has 140 valence electrons. The van der Waals surface area contributed by atoms with Crippen molar-refractivity contribution < 1.29 is 18.7 Å². The second kappa shape index (κ2) is 11.0. The van der Waals surface area contributed by atoms with Crippen LogP contribution in [0.3, 0.4) is 0 Å². The van der Waals surface area contributed by atoms with Crippen LogP contribution in [0.4, 0.5) is 4.39 Å². The zero-order chi connectivity index (χ0) is 17.4. The van der Waals surface area contributed by atoms with Crippen LogP contribution in [0.25, 0.3) is 0 Å². The highest BCUT2D eigenvalue weighted by Crippen LogP contribution is 2.10. The molecule has 2 amide bonds. The number of carbonyl (C=O) groups is 2. The number of hydrogen-bond donors (Lipinski definition) is 1. The van der Waals surface area contributed by atoms with Crippen molar-refractivity contribution in [1.82, 2.24) is 15.1 Å². The molecule has 0 bridgehead atoms. The largest absolute Gasteiger partial charge is 0.383 e. The number of benzene rings is 1. The number of rotatable bonds is 7. The number of hydrogen-bond acceptors (Lipinski definition) is 4. The Bertz CT molecular complexity index is 566. The van der Waals surface area contributed by atoms with Crippen molar-refractivity contribution in [2.75, 3.05) is 53.0 Å². The third-order valence-corrected chi connectivity index (χ3v) is 4.04. The summed E-state index contributed by atoms with van der Waals surface area (Å²) in [4.78, 5) is 27.7. The van der Waals surface area contributed by atoms with Crippen molar-refractivity contribution in [3.8, 4) is 0 Å². The van der Waals surface area contributed by atoms with E-state index in [1.54, 1.807) is 35.1 Å². The molecule has 0 saturated carbocycles. The Kier molecular flexibility index (Phi) is 9.41. The molecule has 1 aromatic carbocycles. The number of amides is 2. The van der Waals surface area contributed by atoms with Crippen LogP contribution >= 0.6 is 12.4 Å². The second-order valence-electron chi connectivity index (χ2n) is 5.70. The van der Waals surface area contributed by atoms with Gasteiger partial charge >= 0.3 is 0 Å². The Balaban J connectivity index is 0.00000312. The SMILES string of the molecule is COCCNCC(=O)N1CCN(C(=O)Cc2ccccc2F)CC1.Cl. The number of halogens is 2. The Labute approximate surface area is 153 Å². The first-order valence-electron chi connectivity index (χ1n) is 8.10. The summed E-state index contributed by atoms with van der Waals surface area (Å²) in [5, 5.41) is 3.02. The van der Waals surface area contributed by atoms with E-state index in [-0.39, 0.29) is 43.0 Å². The van der Waals surface area contributed by atoms with Crippen molar-refractivity contribution in [2.24, 2.45) is 0 Å². The van der Waals surface area contributed by atoms with Crippen LogP contribution in [-0.4, -0.2) is 74.6 Å². The van der Waals surface area contributed by atoms with Gasteiger partial charge < -0.3 is 19.9 Å². The molecule has 0 spiro atoms. The van der Waals surface area contributed by atoms with E-state index < -0.39 is 0 Å². The summed E-state index contributed by atoms with van der Waals surface area (Å²) in [5.74, 6) is -0.445. The van der Waals surface area contributed by atoms with Gasteiger partial charge in [0.15, 0.2) is 0 Å². The maximum Gasteiger partial charge on any atom is 0.236 e. The van der Waals surface area contributed by atoms with Gasteiger partial charge in [-0.2, -0.15) is 0 Å². The Morgan fingerprint density at radius 2 is 1.72 bits per heavy atom. The van der Waals surface area contributed by atoms with Crippen molar-refractivity contribution in [3.05, 3.63) is 35.6 Å². The van der Waals surface area contributed by atoms with E-state index in [1.165, 1.54) is 6.07 Å². The molecule has 25 heavy (non-hydrogen) atoms. The predicted octanol–water partition coefficient (Wildman–Crippen LogP) is 0.697. The molecule has 8 heteroatoms. The summed E-state index contributed by atoms with van der Waals surface area (Å²) in [6.45, 7) is 3.44. The summed E-state index contributed by atoms with van der Waals surface area (Å²) < 4.78 is 18.5. The molecule has 1 aromatic rings. The maximum atomic E-state index is 13.6. The van der Waals surface area contributed by atoms with Crippen LogP contribution in [0.5, 0.6) is 0 Å². The van der Waals surface area contributed by atoms with Crippen LogP contribution in [0.15, 0.2) is 24.3 Å². The van der Waals surface area contributed by atoms with Crippen molar-refractivity contribution in [2.45, 2.75) is 6.42 Å². The van der Waals surface area contributed by atoms with Gasteiger partial charge in [-0.05, 0) is 11.6 Å². The van der Waals surface area contributed by atoms with E-state index in [9.17, 15) is 14.0 Å². The minimum atomic E-state index is -0.359. The van der Waals surface area contributed by atoms with E-state index in [0.29, 0.717) is 44.9 Å². The Hall–Kier alpha value is -1.70. The van der Waals surface area contributed by atoms with Gasteiger partial charge in [-0.1, -0.05) is 18.2 Å². The summed E-state index contributed by atoms with van der Waals surface area (Å²) in [6, 6.07) is 6.31. The predicted molar refractivity (Wildman–Crippen MR) is 95.3 cm³/mol. The van der Waals surface area contributed by atoms with Gasteiger partial charge in [0.2, 0.25) is 11.8 Å². The Morgan fingerprint density at radius 1 is 1.12 bits per heavy atom. The van der Waals surface area contributed by atoms with Gasteiger partial charge in [0.25, 0.3) is 0 Å². The minimum absolute atomic E-state index is 0. The highest BCUT2D eigenvalue weighted by molar-refractivity contribution is 5.85. The Morgan fingerprint density at radius 3 is 2.32 bits per heavy atom. The molecule has 0 aromatic heterocycles. The van der Waals surface area contributed by atoms with Gasteiger partial charge in [0.1, 0.15) is 5.82 Å². The van der Waals surface area contributed by atoms with Gasteiger partial charge in [-0.3, -0.25) is 9.59 Å². The number of piperazine rings is 1. The monoisotopic (exact) mass is 373 g/mol. The number of ether oxygens (including phenoxy) is 1. The second-order valence-corrected chi connectivity index (χ2v) is 5.70. The standard InChI is InChI=1S/C17H24FN3O3.ClH/c1-24-11-6-19-13-17(23)21-9-7-20(8-10-21)16(22)12-14-4-2-3-5-15(14)18;/h2-5,19H,6-13H2,1H3;1H. The highest BCUT2D eigenvalue weighted by atomic mass is 35.5. The van der Waals surface area contributed by atoms with Crippen LogP contribution < -0.4 is 5.32 Å². The summed E-state index contributed by atoms with van der Waals surface area (Å²) >= 11 is 0. The van der Waals surface area contributed by atoms with Crippen molar-refractivity contribution in [3.63, 3.8) is 0 Å². The van der Waals surface area contributed by atoms with Crippen LogP contribution in [0.1, 0.15) is 5.56 Å². The molecular weight excluding hydrogens is 349 g/mol. The maximum absolute atomic E-state index is 13.6. The molecule has 1 fully saturated rings. The zero-order valence-electron chi connectivity index (χ0n) is 14.4. The van der Waals surface area contributed by atoms with Crippen molar-refractivity contribution in [1.29, 1.82) is 0 Å². The van der Waals surface area contributed by atoms with E-state index in [0.717, 1.165) is 0 Å². The topological polar surface area (TPSA) is 61.9 Å². The molecule has 1 aliphatic heterocycles. The van der Waals surface area contributed by atoms with Gasteiger partial charge in [-0.15, -0.1) is 12.4 Å². The third kappa shape index (κ3) is 6.61. The number of methoxy groups -OCH3 is 1. The molecule has 1 heterocycles. The van der Waals surface area contributed by atoms with E-state index in [4.69, 9.17) is 4.74 Å². The van der Waals surface area contributed by atoms with Crippen LogP contribution in [-0.2, 0) is 20.7 Å². The third-order valence-electron chi connectivity index (χ3n) is 4.04. The normalized spacial score (nSPS) is 14.2.